The van der Waals surface area contributed by atoms with Crippen LogP contribution in [0.5, 0.6) is 5.75 Å². The maximum Gasteiger partial charge on any atom is 0.262 e. The number of ether oxygens (including phenoxy) is 1. The monoisotopic (exact) mass is 493 g/mol. The highest BCUT2D eigenvalue weighted by Gasteiger charge is 2.20. The number of benzene rings is 2. The Balaban J connectivity index is 1.84. The van der Waals surface area contributed by atoms with Crippen LogP contribution in [0.1, 0.15) is 27.2 Å². The number of aliphatic imine (C=N–C) groups is 1. The first-order valence-electron chi connectivity index (χ1n) is 12.2. The molecule has 0 bridgehead atoms. The van der Waals surface area contributed by atoms with Crippen LogP contribution in [0.25, 0.3) is 22.3 Å². The summed E-state index contributed by atoms with van der Waals surface area (Å²) in [6, 6.07) is 10.1. The SMILES string of the molecule is COc1cc(-c2nc3ccc(N4CCN=CCC4C)cc3c(=O)n2CC(=O)NCC(C)C)ccc1F. The lowest BCUT2D eigenvalue weighted by molar-refractivity contribution is -0.121. The van der Waals surface area contributed by atoms with E-state index in [9.17, 15) is 14.0 Å². The average Bonchev–Trinajstić information content (AvgIpc) is 3.08. The minimum atomic E-state index is -0.522. The first-order chi connectivity index (χ1) is 17.3. The maximum atomic E-state index is 14.1. The summed E-state index contributed by atoms with van der Waals surface area (Å²) < 4.78 is 20.6. The van der Waals surface area contributed by atoms with E-state index in [0.29, 0.717) is 29.6 Å². The summed E-state index contributed by atoms with van der Waals surface area (Å²) in [7, 11) is 1.37. The molecule has 4 rings (SSSR count). The van der Waals surface area contributed by atoms with Crippen LogP contribution in [0.3, 0.4) is 0 Å². The number of carbonyl (C=O) groups is 1. The molecule has 1 N–H and O–H groups in total. The Bertz CT molecular complexity index is 1350. The fourth-order valence-corrected chi connectivity index (χ4v) is 4.29. The summed E-state index contributed by atoms with van der Waals surface area (Å²) in [6.07, 6.45) is 2.77. The van der Waals surface area contributed by atoms with Gasteiger partial charge in [0.15, 0.2) is 11.6 Å². The normalized spacial score (nSPS) is 15.8. The molecule has 3 aromatic rings. The first kappa shape index (κ1) is 25.3. The number of hydrogen-bond acceptors (Lipinski definition) is 6. The number of nitrogens with one attached hydrogen (secondary N) is 1. The summed E-state index contributed by atoms with van der Waals surface area (Å²) >= 11 is 0. The Kier molecular flexibility index (Phi) is 7.67. The fourth-order valence-electron chi connectivity index (χ4n) is 4.29. The van der Waals surface area contributed by atoms with Gasteiger partial charge in [-0.3, -0.25) is 19.1 Å². The molecule has 1 unspecified atom stereocenters. The van der Waals surface area contributed by atoms with Gasteiger partial charge in [-0.2, -0.15) is 0 Å². The van der Waals surface area contributed by atoms with Gasteiger partial charge in [-0.05, 0) is 49.2 Å². The van der Waals surface area contributed by atoms with Crippen LogP contribution in [0.15, 0.2) is 46.2 Å². The fraction of sp³-hybridized carbons (Fsp3) is 0.407. The number of fused-ring (bicyclic) bond motifs is 1. The van der Waals surface area contributed by atoms with Crippen molar-refractivity contribution in [3.8, 4) is 17.1 Å². The van der Waals surface area contributed by atoms with Crippen molar-refractivity contribution in [2.24, 2.45) is 10.9 Å². The Labute approximate surface area is 209 Å². The van der Waals surface area contributed by atoms with Crippen LogP contribution in [0, 0.1) is 11.7 Å². The number of rotatable bonds is 7. The van der Waals surface area contributed by atoms with Crippen molar-refractivity contribution in [3.63, 3.8) is 0 Å². The van der Waals surface area contributed by atoms with E-state index in [4.69, 9.17) is 9.72 Å². The third kappa shape index (κ3) is 5.40. The molecule has 2 heterocycles. The second-order valence-corrected chi connectivity index (χ2v) is 9.44. The van der Waals surface area contributed by atoms with Crippen LogP contribution in [0.2, 0.25) is 0 Å². The molecule has 0 aliphatic carbocycles. The number of amides is 1. The number of aromatic nitrogens is 2. The topological polar surface area (TPSA) is 88.8 Å². The van der Waals surface area contributed by atoms with Crippen molar-refractivity contribution < 1.29 is 13.9 Å². The van der Waals surface area contributed by atoms with Gasteiger partial charge in [0.25, 0.3) is 5.56 Å². The molecular weight excluding hydrogens is 461 g/mol. The zero-order valence-electron chi connectivity index (χ0n) is 21.1. The van der Waals surface area contributed by atoms with Crippen molar-refractivity contribution in [1.29, 1.82) is 0 Å². The van der Waals surface area contributed by atoms with Crippen molar-refractivity contribution in [1.82, 2.24) is 14.9 Å². The van der Waals surface area contributed by atoms with Crippen molar-refractivity contribution in [3.05, 3.63) is 52.6 Å². The Hall–Kier alpha value is -3.75. The minimum Gasteiger partial charge on any atom is -0.494 e. The van der Waals surface area contributed by atoms with Gasteiger partial charge < -0.3 is 15.0 Å². The Morgan fingerprint density at radius 1 is 1.25 bits per heavy atom. The highest BCUT2D eigenvalue weighted by atomic mass is 19.1. The van der Waals surface area contributed by atoms with E-state index in [1.807, 2.05) is 38.3 Å². The highest BCUT2D eigenvalue weighted by molar-refractivity contribution is 5.85. The molecule has 190 valence electrons. The number of anilines is 1. The lowest BCUT2D eigenvalue weighted by atomic mass is 10.1. The molecule has 0 spiro atoms. The molecule has 2 aromatic carbocycles. The number of halogens is 1. The van der Waals surface area contributed by atoms with E-state index in [1.54, 1.807) is 0 Å². The number of methoxy groups -OCH3 is 1. The molecule has 1 amide bonds. The molecule has 8 nitrogen and oxygen atoms in total. The number of nitrogens with zero attached hydrogens (tertiary/aromatic N) is 4. The Morgan fingerprint density at radius 3 is 2.81 bits per heavy atom. The summed E-state index contributed by atoms with van der Waals surface area (Å²) in [5, 5.41) is 3.27. The first-order valence-corrected chi connectivity index (χ1v) is 12.2. The van der Waals surface area contributed by atoms with Crippen molar-refractivity contribution >= 4 is 28.7 Å². The lowest BCUT2D eigenvalue weighted by Gasteiger charge is -2.29. The summed E-state index contributed by atoms with van der Waals surface area (Å²) in [5.74, 6) is -0.244. The third-order valence-corrected chi connectivity index (χ3v) is 6.27. The molecule has 36 heavy (non-hydrogen) atoms. The standard InChI is InChI=1S/C27H32FN5O3/c1-17(2)15-30-25(34)16-33-26(19-5-7-22(28)24(13-19)36-4)31-23-8-6-20(14-21(23)27(33)35)32-12-11-29-10-9-18(32)3/h5-8,10,13-14,17-18H,9,11-12,15-16H2,1-4H3,(H,30,34). The van der Waals surface area contributed by atoms with E-state index in [-0.39, 0.29) is 41.5 Å². The van der Waals surface area contributed by atoms with Crippen LogP contribution in [0.4, 0.5) is 10.1 Å². The van der Waals surface area contributed by atoms with Gasteiger partial charge in [0.2, 0.25) is 5.91 Å². The van der Waals surface area contributed by atoms with E-state index in [2.05, 4.69) is 22.1 Å². The van der Waals surface area contributed by atoms with Gasteiger partial charge in [-0.1, -0.05) is 13.8 Å². The average molecular weight is 494 g/mol. The maximum absolute atomic E-state index is 14.1. The van der Waals surface area contributed by atoms with E-state index < -0.39 is 5.82 Å². The highest BCUT2D eigenvalue weighted by Crippen LogP contribution is 2.28. The van der Waals surface area contributed by atoms with Gasteiger partial charge in [0.1, 0.15) is 12.4 Å². The van der Waals surface area contributed by atoms with E-state index in [0.717, 1.165) is 18.7 Å². The van der Waals surface area contributed by atoms with Crippen LogP contribution in [-0.4, -0.2) is 54.5 Å². The molecule has 1 aromatic heterocycles. The van der Waals surface area contributed by atoms with Gasteiger partial charge in [0, 0.05) is 43.0 Å². The predicted molar refractivity (Wildman–Crippen MR) is 141 cm³/mol. The smallest absolute Gasteiger partial charge is 0.262 e. The predicted octanol–water partition coefficient (Wildman–Crippen LogP) is 3.65. The van der Waals surface area contributed by atoms with Crippen LogP contribution in [-0.2, 0) is 11.3 Å². The number of hydrogen-bond donors (Lipinski definition) is 1. The quantitative estimate of drug-likeness (QED) is 0.543. The van der Waals surface area contributed by atoms with Gasteiger partial charge in [-0.15, -0.1) is 0 Å². The summed E-state index contributed by atoms with van der Waals surface area (Å²) in [6.45, 7) is 7.84. The molecule has 1 atom stereocenters. The van der Waals surface area contributed by atoms with Gasteiger partial charge in [0.05, 0.1) is 24.6 Å². The molecule has 0 saturated heterocycles. The Morgan fingerprint density at radius 2 is 2.06 bits per heavy atom. The number of carbonyl (C=O) groups excluding carboxylic acids is 1. The zero-order chi connectivity index (χ0) is 25.8. The lowest BCUT2D eigenvalue weighted by Crippen LogP contribution is -2.36. The molecule has 0 saturated carbocycles. The molecular formula is C27H32FN5O3. The molecule has 9 heteroatoms. The van der Waals surface area contributed by atoms with Gasteiger partial charge >= 0.3 is 0 Å². The van der Waals surface area contributed by atoms with Crippen LogP contribution >= 0.6 is 0 Å². The zero-order valence-corrected chi connectivity index (χ0v) is 21.1. The van der Waals surface area contributed by atoms with Crippen molar-refractivity contribution in [2.45, 2.75) is 39.8 Å². The van der Waals surface area contributed by atoms with E-state index in [1.165, 1.54) is 29.9 Å². The van der Waals surface area contributed by atoms with Gasteiger partial charge in [-0.25, -0.2) is 9.37 Å². The summed E-state index contributed by atoms with van der Waals surface area (Å²) in [4.78, 5) is 37.9. The van der Waals surface area contributed by atoms with Crippen LogP contribution < -0.4 is 20.5 Å². The second-order valence-electron chi connectivity index (χ2n) is 9.44. The summed E-state index contributed by atoms with van der Waals surface area (Å²) in [5.41, 5.74) is 1.55. The molecule has 1 aliphatic heterocycles. The third-order valence-electron chi connectivity index (χ3n) is 6.27. The van der Waals surface area contributed by atoms with E-state index >= 15 is 0 Å². The second kappa shape index (κ2) is 10.9. The molecule has 0 radical (unpaired) electrons. The largest absolute Gasteiger partial charge is 0.494 e. The minimum absolute atomic E-state index is 0.0328. The molecule has 0 fully saturated rings. The van der Waals surface area contributed by atoms with Crippen molar-refractivity contribution in [2.75, 3.05) is 31.6 Å². The molecule has 1 aliphatic rings.